The first-order chi connectivity index (χ1) is 6.08. The molecule has 3 heteroatoms. The molecule has 0 N–H and O–H groups in total. The van der Waals surface area contributed by atoms with Gasteiger partial charge < -0.3 is 0 Å². The first-order valence-electron chi connectivity index (χ1n) is 4.10. The zero-order valence-corrected chi connectivity index (χ0v) is 9.33. The molecule has 71 valence electrons. The Morgan fingerprint density at radius 3 is 2.31 bits per heavy atom. The fourth-order valence-electron chi connectivity index (χ4n) is 1.08. The summed E-state index contributed by atoms with van der Waals surface area (Å²) in [6.45, 7) is 0. The fraction of sp³-hybridized carbons (Fsp3) is 0.400. The van der Waals surface area contributed by atoms with Gasteiger partial charge in [0.25, 0.3) is 0 Å². The first kappa shape index (κ1) is 11.2. The van der Waals surface area contributed by atoms with Gasteiger partial charge in [0.05, 0.1) is 0 Å². The number of rotatable bonds is 3. The quantitative estimate of drug-likeness (QED) is 0.691. The lowest BCUT2D eigenvalue weighted by molar-refractivity contribution is 0.752. The summed E-state index contributed by atoms with van der Waals surface area (Å²) in [4.78, 5) is 0. The van der Waals surface area contributed by atoms with Crippen molar-refractivity contribution < 1.29 is 0 Å². The highest BCUT2D eigenvalue weighted by Crippen LogP contribution is 2.31. The number of hydrogen-bond donors (Lipinski definition) is 0. The van der Waals surface area contributed by atoms with Crippen LogP contribution in [0, 0.1) is 6.07 Å². The molecular formula is C10H10Cl3. The highest BCUT2D eigenvalue weighted by Gasteiger charge is 2.18. The van der Waals surface area contributed by atoms with E-state index in [4.69, 9.17) is 34.8 Å². The van der Waals surface area contributed by atoms with Gasteiger partial charge in [-0.25, -0.2) is 0 Å². The number of benzene rings is 1. The molecule has 13 heavy (non-hydrogen) atoms. The molecule has 0 aliphatic heterocycles. The normalized spacial score (nSPS) is 11.6. The predicted molar refractivity (Wildman–Crippen MR) is 58.5 cm³/mol. The van der Waals surface area contributed by atoms with Crippen LogP contribution in [-0.2, 0) is 6.42 Å². The lowest BCUT2D eigenvalue weighted by atomic mass is 10.1. The van der Waals surface area contributed by atoms with Gasteiger partial charge in [0.15, 0.2) is 3.79 Å². The second-order valence-electron chi connectivity index (χ2n) is 2.88. The van der Waals surface area contributed by atoms with Crippen molar-refractivity contribution in [3.8, 4) is 0 Å². The second-order valence-corrected chi connectivity index (χ2v) is 5.39. The van der Waals surface area contributed by atoms with Crippen molar-refractivity contribution in [3.63, 3.8) is 0 Å². The molecule has 0 atom stereocenters. The van der Waals surface area contributed by atoms with Crippen LogP contribution in [0.15, 0.2) is 24.3 Å². The molecular weight excluding hydrogens is 226 g/mol. The third-order valence-corrected chi connectivity index (χ3v) is 2.28. The summed E-state index contributed by atoms with van der Waals surface area (Å²) >= 11 is 16.9. The number of alkyl halides is 3. The Balaban J connectivity index is 2.29. The van der Waals surface area contributed by atoms with Gasteiger partial charge in [0.1, 0.15) is 0 Å². The lowest BCUT2D eigenvalue weighted by Gasteiger charge is -2.09. The van der Waals surface area contributed by atoms with Crippen molar-refractivity contribution in [2.75, 3.05) is 0 Å². The molecule has 0 saturated heterocycles. The van der Waals surface area contributed by atoms with Gasteiger partial charge >= 0.3 is 0 Å². The highest BCUT2D eigenvalue weighted by molar-refractivity contribution is 6.67. The zero-order valence-electron chi connectivity index (χ0n) is 7.06. The maximum absolute atomic E-state index is 5.62. The predicted octanol–water partition coefficient (Wildman–Crippen LogP) is 4.18. The third kappa shape index (κ3) is 5.41. The van der Waals surface area contributed by atoms with Crippen molar-refractivity contribution in [1.82, 2.24) is 0 Å². The van der Waals surface area contributed by atoms with E-state index in [1.807, 2.05) is 24.3 Å². The van der Waals surface area contributed by atoms with E-state index in [2.05, 4.69) is 6.07 Å². The largest absolute Gasteiger partial charge is 0.190 e. The molecule has 0 saturated carbocycles. The topological polar surface area (TPSA) is 0 Å². The minimum absolute atomic E-state index is 0.594. The van der Waals surface area contributed by atoms with Crippen LogP contribution in [0.5, 0.6) is 0 Å². The fourth-order valence-corrected chi connectivity index (χ4v) is 1.48. The van der Waals surface area contributed by atoms with Crippen LogP contribution in [0.1, 0.15) is 18.4 Å². The van der Waals surface area contributed by atoms with Crippen LogP contribution in [0.4, 0.5) is 0 Å². The van der Waals surface area contributed by atoms with Crippen LogP contribution in [-0.4, -0.2) is 3.79 Å². The van der Waals surface area contributed by atoms with E-state index in [-0.39, 0.29) is 0 Å². The minimum atomic E-state index is -1.11. The van der Waals surface area contributed by atoms with E-state index in [9.17, 15) is 0 Å². The maximum Gasteiger partial charge on any atom is 0.190 e. The molecule has 1 aromatic rings. The van der Waals surface area contributed by atoms with Crippen LogP contribution in [0.25, 0.3) is 0 Å². The van der Waals surface area contributed by atoms with Crippen molar-refractivity contribution in [3.05, 3.63) is 35.9 Å². The molecule has 0 bridgehead atoms. The monoisotopic (exact) mass is 235 g/mol. The summed E-state index contributed by atoms with van der Waals surface area (Å²) in [6, 6.07) is 10.8. The van der Waals surface area contributed by atoms with E-state index in [1.165, 1.54) is 5.56 Å². The Kier molecular flexibility index (Phi) is 4.37. The van der Waals surface area contributed by atoms with Gasteiger partial charge in [-0.05, 0) is 30.9 Å². The molecule has 0 aliphatic carbocycles. The third-order valence-electron chi connectivity index (χ3n) is 1.71. The Morgan fingerprint density at radius 1 is 1.15 bits per heavy atom. The van der Waals surface area contributed by atoms with Crippen molar-refractivity contribution in [2.45, 2.75) is 23.1 Å². The molecule has 1 aromatic carbocycles. The van der Waals surface area contributed by atoms with Crippen LogP contribution in [0.2, 0.25) is 0 Å². The van der Waals surface area contributed by atoms with Gasteiger partial charge in [0, 0.05) is 0 Å². The molecule has 0 amide bonds. The molecule has 1 rings (SSSR count). The van der Waals surface area contributed by atoms with Gasteiger partial charge in [-0.3, -0.25) is 0 Å². The Labute approximate surface area is 93.8 Å². The maximum atomic E-state index is 5.62. The molecule has 0 fully saturated rings. The molecule has 0 nitrogen and oxygen atoms in total. The molecule has 0 aromatic heterocycles. The number of aryl methyl sites for hydroxylation is 1. The molecule has 0 aliphatic rings. The smallest absolute Gasteiger partial charge is 0.0837 e. The van der Waals surface area contributed by atoms with E-state index >= 15 is 0 Å². The molecule has 0 unspecified atom stereocenters. The van der Waals surface area contributed by atoms with Crippen LogP contribution < -0.4 is 0 Å². The molecule has 0 heterocycles. The van der Waals surface area contributed by atoms with Gasteiger partial charge in [-0.1, -0.05) is 59.1 Å². The minimum Gasteiger partial charge on any atom is -0.0837 e. The number of halogens is 3. The van der Waals surface area contributed by atoms with Gasteiger partial charge in [-0.2, -0.15) is 0 Å². The summed E-state index contributed by atoms with van der Waals surface area (Å²) in [7, 11) is 0. The molecule has 1 radical (unpaired) electrons. The SMILES string of the molecule is ClC(Cl)(Cl)CCCc1cc[c]cc1. The van der Waals surface area contributed by atoms with Crippen LogP contribution >= 0.6 is 34.8 Å². The van der Waals surface area contributed by atoms with Crippen molar-refractivity contribution in [1.29, 1.82) is 0 Å². The first-order valence-corrected chi connectivity index (χ1v) is 5.23. The number of hydrogen-bond acceptors (Lipinski definition) is 0. The van der Waals surface area contributed by atoms with Gasteiger partial charge in [-0.15, -0.1) is 0 Å². The summed E-state index contributed by atoms with van der Waals surface area (Å²) < 4.78 is -1.11. The zero-order chi connectivity index (χ0) is 9.73. The Bertz CT molecular complexity index is 238. The lowest BCUT2D eigenvalue weighted by Crippen LogP contribution is -2.02. The summed E-state index contributed by atoms with van der Waals surface area (Å²) in [5.41, 5.74) is 1.26. The Morgan fingerprint density at radius 2 is 1.77 bits per heavy atom. The van der Waals surface area contributed by atoms with Gasteiger partial charge in [0.2, 0.25) is 0 Å². The standard InChI is InChI=1S/C10H10Cl3/c11-10(12,13)8-4-7-9-5-2-1-3-6-9/h2-3,5-6H,4,7-8H2. The second kappa shape index (κ2) is 5.09. The van der Waals surface area contributed by atoms with E-state index in [0.29, 0.717) is 6.42 Å². The average molecular weight is 237 g/mol. The van der Waals surface area contributed by atoms with E-state index < -0.39 is 3.79 Å². The highest BCUT2D eigenvalue weighted by atomic mass is 35.6. The Hall–Kier alpha value is 0.0900. The van der Waals surface area contributed by atoms with E-state index in [1.54, 1.807) is 0 Å². The van der Waals surface area contributed by atoms with Crippen LogP contribution in [0.3, 0.4) is 0 Å². The molecule has 0 spiro atoms. The summed E-state index contributed by atoms with van der Waals surface area (Å²) in [6.07, 6.45) is 2.43. The van der Waals surface area contributed by atoms with Crippen molar-refractivity contribution >= 4 is 34.8 Å². The summed E-state index contributed by atoms with van der Waals surface area (Å²) in [5, 5.41) is 0. The van der Waals surface area contributed by atoms with Crippen molar-refractivity contribution in [2.24, 2.45) is 0 Å². The van der Waals surface area contributed by atoms with E-state index in [0.717, 1.165) is 12.8 Å². The summed E-state index contributed by atoms with van der Waals surface area (Å²) in [5.74, 6) is 0. The average Bonchev–Trinajstić information content (AvgIpc) is 2.04.